The van der Waals surface area contributed by atoms with Gasteiger partial charge in [0.1, 0.15) is 0 Å². The Morgan fingerprint density at radius 3 is 2.76 bits per heavy atom. The largest absolute Gasteiger partial charge is 0.478 e. The van der Waals surface area contributed by atoms with Gasteiger partial charge in [0, 0.05) is 31.9 Å². The first-order chi connectivity index (χ1) is 9.81. The highest BCUT2D eigenvalue weighted by atomic mass is 127. The molecule has 0 amide bonds. The van der Waals surface area contributed by atoms with Crippen molar-refractivity contribution in [1.82, 2.24) is 15.6 Å². The fourth-order valence-electron chi connectivity index (χ4n) is 1.81. The summed E-state index contributed by atoms with van der Waals surface area (Å²) in [5, 5.41) is 6.58. The molecule has 120 valence electrons. The van der Waals surface area contributed by atoms with Crippen LogP contribution in [0.25, 0.3) is 0 Å². The predicted molar refractivity (Wildman–Crippen MR) is 98.5 cm³/mol. The lowest BCUT2D eigenvalue weighted by molar-refractivity contribution is 0.322. The van der Waals surface area contributed by atoms with Gasteiger partial charge in [0.25, 0.3) is 0 Å². The van der Waals surface area contributed by atoms with Crippen molar-refractivity contribution in [3.8, 4) is 5.88 Å². The summed E-state index contributed by atoms with van der Waals surface area (Å²) in [7, 11) is 1.78. The number of nitrogens with zero attached hydrogens (tertiary/aromatic N) is 2. The lowest BCUT2D eigenvalue weighted by atomic mass is 10.2. The van der Waals surface area contributed by atoms with Crippen molar-refractivity contribution >= 4 is 29.9 Å². The van der Waals surface area contributed by atoms with Gasteiger partial charge in [-0.25, -0.2) is 4.98 Å². The number of hydrogen-bond donors (Lipinski definition) is 2. The Morgan fingerprint density at radius 1 is 1.29 bits per heavy atom. The van der Waals surface area contributed by atoms with Gasteiger partial charge in [0.2, 0.25) is 5.88 Å². The highest BCUT2D eigenvalue weighted by molar-refractivity contribution is 14.0. The molecule has 0 aliphatic carbocycles. The van der Waals surface area contributed by atoms with E-state index in [4.69, 9.17) is 4.74 Å². The number of ether oxygens (including phenoxy) is 1. The van der Waals surface area contributed by atoms with E-state index < -0.39 is 0 Å². The molecule has 5 nitrogen and oxygen atoms in total. The summed E-state index contributed by atoms with van der Waals surface area (Å²) in [5.41, 5.74) is 1.03. The van der Waals surface area contributed by atoms with Crippen LogP contribution >= 0.6 is 24.0 Å². The second kappa shape index (κ2) is 12.7. The topological polar surface area (TPSA) is 58.5 Å². The molecule has 0 fully saturated rings. The summed E-state index contributed by atoms with van der Waals surface area (Å²) in [5.74, 6) is 1.50. The molecule has 6 heteroatoms. The molecule has 0 saturated heterocycles. The van der Waals surface area contributed by atoms with Crippen molar-refractivity contribution in [2.24, 2.45) is 4.99 Å². The van der Waals surface area contributed by atoms with Gasteiger partial charge in [-0.3, -0.25) is 4.99 Å². The third kappa shape index (κ3) is 8.08. The first-order valence-electron chi connectivity index (χ1n) is 7.33. The quantitative estimate of drug-likeness (QED) is 0.302. The maximum Gasteiger partial charge on any atom is 0.218 e. The standard InChI is InChI=1S/C15H26N4O.HI/c1-4-6-7-10-18-15(16-3)19-12-13-9-8-11-17-14(13)20-5-2;/h8-9,11H,4-7,10,12H2,1-3H3,(H2,16,18,19);1H. The second-order valence-corrected chi connectivity index (χ2v) is 4.46. The van der Waals surface area contributed by atoms with Crippen molar-refractivity contribution in [1.29, 1.82) is 0 Å². The second-order valence-electron chi connectivity index (χ2n) is 4.46. The lowest BCUT2D eigenvalue weighted by Crippen LogP contribution is -2.37. The zero-order chi connectivity index (χ0) is 14.6. The van der Waals surface area contributed by atoms with Gasteiger partial charge in [0.05, 0.1) is 6.61 Å². The zero-order valence-corrected chi connectivity index (χ0v) is 15.5. The van der Waals surface area contributed by atoms with Crippen LogP contribution in [0.2, 0.25) is 0 Å². The van der Waals surface area contributed by atoms with E-state index in [9.17, 15) is 0 Å². The molecular formula is C15H27IN4O. The van der Waals surface area contributed by atoms with Gasteiger partial charge in [-0.15, -0.1) is 24.0 Å². The first kappa shape index (κ1) is 19.9. The normalized spacial score (nSPS) is 10.7. The Kier molecular flexibility index (Phi) is 12.0. The average Bonchev–Trinajstić information content (AvgIpc) is 2.48. The van der Waals surface area contributed by atoms with Gasteiger partial charge in [-0.1, -0.05) is 25.8 Å². The SMILES string of the molecule is CCCCCNC(=NC)NCc1cccnc1OCC.I. The molecule has 1 aromatic heterocycles. The molecule has 1 aromatic rings. The van der Waals surface area contributed by atoms with Crippen LogP contribution in [0.3, 0.4) is 0 Å². The van der Waals surface area contributed by atoms with Gasteiger partial charge in [-0.2, -0.15) is 0 Å². The van der Waals surface area contributed by atoms with E-state index in [-0.39, 0.29) is 24.0 Å². The third-order valence-corrected chi connectivity index (χ3v) is 2.87. The number of unbranched alkanes of at least 4 members (excludes halogenated alkanes) is 2. The van der Waals surface area contributed by atoms with Crippen LogP contribution in [0.15, 0.2) is 23.3 Å². The Morgan fingerprint density at radius 2 is 2.10 bits per heavy atom. The number of pyridine rings is 1. The van der Waals surface area contributed by atoms with Crippen LogP contribution in [-0.2, 0) is 6.54 Å². The van der Waals surface area contributed by atoms with Crippen LogP contribution in [0.5, 0.6) is 5.88 Å². The van der Waals surface area contributed by atoms with Crippen molar-refractivity contribution in [2.75, 3.05) is 20.2 Å². The van der Waals surface area contributed by atoms with E-state index >= 15 is 0 Å². The van der Waals surface area contributed by atoms with Crippen molar-refractivity contribution in [3.63, 3.8) is 0 Å². The Hall–Kier alpha value is -1.05. The van der Waals surface area contributed by atoms with Gasteiger partial charge in [0.15, 0.2) is 5.96 Å². The number of halogens is 1. The van der Waals surface area contributed by atoms with E-state index in [1.807, 2.05) is 19.1 Å². The van der Waals surface area contributed by atoms with Crippen LogP contribution in [-0.4, -0.2) is 31.1 Å². The third-order valence-electron chi connectivity index (χ3n) is 2.87. The van der Waals surface area contributed by atoms with E-state index in [0.717, 1.165) is 24.5 Å². The molecule has 0 aliphatic rings. The van der Waals surface area contributed by atoms with Crippen LogP contribution in [0, 0.1) is 0 Å². The molecule has 0 saturated carbocycles. The lowest BCUT2D eigenvalue weighted by Gasteiger charge is -2.13. The van der Waals surface area contributed by atoms with E-state index in [0.29, 0.717) is 19.0 Å². The molecule has 1 heterocycles. The average molecular weight is 406 g/mol. The monoisotopic (exact) mass is 406 g/mol. The smallest absolute Gasteiger partial charge is 0.218 e. The number of rotatable bonds is 8. The molecule has 0 radical (unpaired) electrons. The summed E-state index contributed by atoms with van der Waals surface area (Å²) in [6.45, 7) is 6.37. The van der Waals surface area contributed by atoms with Crippen LogP contribution in [0.4, 0.5) is 0 Å². The maximum absolute atomic E-state index is 5.50. The summed E-state index contributed by atoms with van der Waals surface area (Å²) < 4.78 is 5.50. The van der Waals surface area contributed by atoms with Crippen molar-refractivity contribution in [3.05, 3.63) is 23.9 Å². The van der Waals surface area contributed by atoms with E-state index in [2.05, 4.69) is 27.5 Å². The fourth-order valence-corrected chi connectivity index (χ4v) is 1.81. The van der Waals surface area contributed by atoms with E-state index in [1.165, 1.54) is 12.8 Å². The highest BCUT2D eigenvalue weighted by Gasteiger charge is 2.04. The molecule has 21 heavy (non-hydrogen) atoms. The number of nitrogens with one attached hydrogen (secondary N) is 2. The van der Waals surface area contributed by atoms with Crippen molar-refractivity contribution in [2.45, 2.75) is 39.7 Å². The molecular weight excluding hydrogens is 379 g/mol. The fraction of sp³-hybridized carbons (Fsp3) is 0.600. The Balaban J connectivity index is 0.00000400. The van der Waals surface area contributed by atoms with E-state index in [1.54, 1.807) is 13.2 Å². The number of hydrogen-bond acceptors (Lipinski definition) is 3. The number of guanidine groups is 1. The summed E-state index contributed by atoms with van der Waals surface area (Å²) >= 11 is 0. The molecule has 0 aliphatic heterocycles. The molecule has 0 spiro atoms. The molecule has 0 aromatic carbocycles. The Labute approximate surface area is 145 Å². The van der Waals surface area contributed by atoms with Crippen LogP contribution in [0.1, 0.15) is 38.7 Å². The minimum atomic E-state index is 0. The first-order valence-corrected chi connectivity index (χ1v) is 7.33. The molecule has 0 atom stereocenters. The van der Waals surface area contributed by atoms with Crippen LogP contribution < -0.4 is 15.4 Å². The summed E-state index contributed by atoms with van der Waals surface area (Å²) in [6, 6.07) is 3.92. The summed E-state index contributed by atoms with van der Waals surface area (Å²) in [6.07, 6.45) is 5.36. The number of aliphatic imine (C=N–C) groups is 1. The molecule has 0 unspecified atom stereocenters. The number of aromatic nitrogens is 1. The molecule has 2 N–H and O–H groups in total. The van der Waals surface area contributed by atoms with Gasteiger partial charge >= 0.3 is 0 Å². The molecule has 1 rings (SSSR count). The van der Waals surface area contributed by atoms with Crippen molar-refractivity contribution < 1.29 is 4.74 Å². The zero-order valence-electron chi connectivity index (χ0n) is 13.2. The van der Waals surface area contributed by atoms with Gasteiger partial charge < -0.3 is 15.4 Å². The minimum absolute atomic E-state index is 0. The summed E-state index contributed by atoms with van der Waals surface area (Å²) in [4.78, 5) is 8.45. The Bertz CT molecular complexity index is 412. The predicted octanol–water partition coefficient (Wildman–Crippen LogP) is 2.95. The highest BCUT2D eigenvalue weighted by Crippen LogP contribution is 2.13. The van der Waals surface area contributed by atoms with Gasteiger partial charge in [-0.05, 0) is 19.4 Å². The molecule has 0 bridgehead atoms. The minimum Gasteiger partial charge on any atom is -0.478 e. The maximum atomic E-state index is 5.50.